The van der Waals surface area contributed by atoms with Crippen LogP contribution >= 0.6 is 0 Å². The second-order valence-corrected chi connectivity index (χ2v) is 9.56. The summed E-state index contributed by atoms with van der Waals surface area (Å²) < 4.78 is 41.7. The predicted molar refractivity (Wildman–Crippen MR) is 142 cm³/mol. The number of likely N-dealkylation sites (N-methyl/N-ethyl adjacent to an activating group) is 1. The molecule has 0 radical (unpaired) electrons. The first-order chi connectivity index (χ1) is 18.5. The molecule has 1 aromatic heterocycles. The van der Waals surface area contributed by atoms with Crippen LogP contribution in [0.25, 0.3) is 5.69 Å². The Morgan fingerprint density at radius 2 is 1.77 bits per heavy atom. The third kappa shape index (κ3) is 4.52. The average molecular weight is 534 g/mol. The van der Waals surface area contributed by atoms with Crippen molar-refractivity contribution in [2.24, 2.45) is 0 Å². The average Bonchev–Trinajstić information content (AvgIpc) is 3.33. The van der Waals surface area contributed by atoms with Gasteiger partial charge < -0.3 is 11.1 Å². The minimum Gasteiger partial charge on any atom is -0.399 e. The Morgan fingerprint density at radius 1 is 1.05 bits per heavy atom. The molecule has 200 valence electrons. The second kappa shape index (κ2) is 9.61. The van der Waals surface area contributed by atoms with Gasteiger partial charge in [0.05, 0.1) is 17.4 Å². The highest BCUT2D eigenvalue weighted by Crippen LogP contribution is 2.46. The lowest BCUT2D eigenvalue weighted by atomic mass is 9.73. The molecule has 0 saturated carbocycles. The van der Waals surface area contributed by atoms with Gasteiger partial charge in [0.15, 0.2) is 0 Å². The number of amides is 2. The number of hydrogen-bond acceptors (Lipinski definition) is 4. The van der Waals surface area contributed by atoms with Gasteiger partial charge in [-0.2, -0.15) is 18.3 Å². The Bertz CT molecular complexity index is 1550. The Morgan fingerprint density at radius 3 is 2.44 bits per heavy atom. The lowest BCUT2D eigenvalue weighted by molar-refractivity contribution is -0.137. The maximum absolute atomic E-state index is 14.2. The summed E-state index contributed by atoms with van der Waals surface area (Å²) in [5.41, 5.74) is 5.88. The van der Waals surface area contributed by atoms with E-state index in [0.717, 1.165) is 17.8 Å². The highest BCUT2D eigenvalue weighted by molar-refractivity contribution is 6.08. The molecular formula is C29H26F3N5O2. The Hall–Kier alpha value is -4.60. The molecule has 0 saturated heterocycles. The number of benzene rings is 3. The fourth-order valence-electron chi connectivity index (χ4n) is 5.21. The second-order valence-electron chi connectivity index (χ2n) is 9.56. The number of nitrogens with zero attached hydrogens (tertiary/aromatic N) is 3. The molecule has 3 N–H and O–H groups in total. The first-order valence-corrected chi connectivity index (χ1v) is 12.3. The lowest BCUT2D eigenvalue weighted by Gasteiger charge is -2.45. The number of carbonyl (C=O) groups excluding carboxylic acids is 2. The van der Waals surface area contributed by atoms with Crippen LogP contribution in [0.15, 0.2) is 85.1 Å². The van der Waals surface area contributed by atoms with Gasteiger partial charge in [0.1, 0.15) is 11.4 Å². The van der Waals surface area contributed by atoms with Crippen molar-refractivity contribution in [3.63, 3.8) is 0 Å². The van der Waals surface area contributed by atoms with Gasteiger partial charge in [-0.05, 0) is 61.9 Å². The number of para-hydroxylation sites is 1. The van der Waals surface area contributed by atoms with Gasteiger partial charge in [-0.3, -0.25) is 14.5 Å². The van der Waals surface area contributed by atoms with Gasteiger partial charge in [0, 0.05) is 29.3 Å². The number of hydrogen-bond donors (Lipinski definition) is 2. The molecule has 0 aliphatic carbocycles. The summed E-state index contributed by atoms with van der Waals surface area (Å²) in [5.74, 6) is -1.42. The number of aromatic nitrogens is 2. The van der Waals surface area contributed by atoms with Gasteiger partial charge >= 0.3 is 6.18 Å². The maximum Gasteiger partial charge on any atom is 0.416 e. The quantitative estimate of drug-likeness (QED) is 0.347. The van der Waals surface area contributed by atoms with Crippen molar-refractivity contribution < 1.29 is 22.8 Å². The van der Waals surface area contributed by atoms with E-state index in [0.29, 0.717) is 22.6 Å². The smallest absolute Gasteiger partial charge is 0.399 e. The van der Waals surface area contributed by atoms with Crippen LogP contribution in [0.3, 0.4) is 0 Å². The molecule has 7 nitrogen and oxygen atoms in total. The van der Waals surface area contributed by atoms with Crippen molar-refractivity contribution in [3.05, 3.63) is 107 Å². The number of carbonyl (C=O) groups is 2. The number of nitrogens with one attached hydrogen (secondary N) is 1. The van der Waals surface area contributed by atoms with Gasteiger partial charge in [0.25, 0.3) is 11.8 Å². The third-order valence-corrected chi connectivity index (χ3v) is 6.99. The molecule has 10 heteroatoms. The fraction of sp³-hybridized carbons (Fsp3) is 0.207. The molecule has 4 aromatic rings. The summed E-state index contributed by atoms with van der Waals surface area (Å²) in [5, 5.41) is 7.38. The van der Waals surface area contributed by atoms with Gasteiger partial charge in [-0.1, -0.05) is 36.4 Å². The summed E-state index contributed by atoms with van der Waals surface area (Å²) >= 11 is 0. The van der Waals surface area contributed by atoms with Crippen molar-refractivity contribution in [1.82, 2.24) is 15.1 Å². The molecule has 0 fully saturated rings. The minimum absolute atomic E-state index is 0.209. The minimum atomic E-state index is -4.62. The summed E-state index contributed by atoms with van der Waals surface area (Å²) in [6.07, 6.45) is -2.97. The van der Waals surface area contributed by atoms with Crippen molar-refractivity contribution in [2.45, 2.75) is 31.5 Å². The number of rotatable bonds is 5. The normalized spacial score (nSPS) is 19.1. The molecular weight excluding hydrogens is 507 g/mol. The van der Waals surface area contributed by atoms with Gasteiger partial charge in [-0.25, -0.2) is 4.68 Å². The first-order valence-electron chi connectivity index (χ1n) is 12.3. The highest BCUT2D eigenvalue weighted by Gasteiger charge is 2.53. The number of nitrogen functional groups attached to an aromatic ring is 1. The van der Waals surface area contributed by atoms with Crippen LogP contribution in [-0.2, 0) is 11.0 Å². The van der Waals surface area contributed by atoms with Crippen LogP contribution in [0.4, 0.5) is 24.7 Å². The molecule has 0 spiro atoms. The largest absolute Gasteiger partial charge is 0.416 e. The molecule has 0 unspecified atom stereocenters. The summed E-state index contributed by atoms with van der Waals surface area (Å²) in [7, 11) is 0. The van der Waals surface area contributed by atoms with Crippen LogP contribution in [0.5, 0.6) is 0 Å². The van der Waals surface area contributed by atoms with Gasteiger partial charge in [0.2, 0.25) is 0 Å². The molecule has 1 aliphatic rings. The molecule has 3 aromatic carbocycles. The number of halogens is 3. The van der Waals surface area contributed by atoms with Crippen LogP contribution in [0, 0.1) is 0 Å². The first kappa shape index (κ1) is 26.0. The van der Waals surface area contributed by atoms with E-state index in [1.54, 1.807) is 49.0 Å². The lowest BCUT2D eigenvalue weighted by Crippen LogP contribution is -2.64. The molecule has 0 bridgehead atoms. The monoisotopic (exact) mass is 533 g/mol. The van der Waals surface area contributed by atoms with Crippen molar-refractivity contribution >= 4 is 23.3 Å². The number of fused-ring (bicyclic) bond motifs is 1. The molecule has 39 heavy (non-hydrogen) atoms. The topological polar surface area (TPSA) is 93.2 Å². The van der Waals surface area contributed by atoms with E-state index in [1.807, 2.05) is 30.3 Å². The zero-order valence-corrected chi connectivity index (χ0v) is 21.2. The van der Waals surface area contributed by atoms with E-state index in [9.17, 15) is 22.8 Å². The molecule has 5 rings (SSSR count). The van der Waals surface area contributed by atoms with Gasteiger partial charge in [-0.15, -0.1) is 0 Å². The number of anilines is 2. The van der Waals surface area contributed by atoms with Crippen LogP contribution in [0.1, 0.15) is 46.8 Å². The Labute approximate surface area is 223 Å². The van der Waals surface area contributed by atoms with E-state index < -0.39 is 35.0 Å². The standard InChI is InChI=1S/C29H26F3N5O2/c1-3-36-26-23(17-34-37(26)22-13-5-4-6-14-22)24(18-9-8-12-21(33)16-18)28(2,27(36)39)35-25(38)19-10-7-11-20(15-19)29(30,31)32/h4-17,24H,3,33H2,1-2H3,(H,35,38)/t24-,28-/m0/s1. The SMILES string of the molecule is CCN1C(=O)[C@@](C)(NC(=O)c2cccc(C(F)(F)F)c2)[C@@H](c2cccc(N)c2)c2cnn(-c3ccccc3)c21. The zero-order chi connectivity index (χ0) is 27.9. The van der Waals surface area contributed by atoms with Crippen LogP contribution < -0.4 is 16.0 Å². The Balaban J connectivity index is 1.67. The zero-order valence-electron chi connectivity index (χ0n) is 21.2. The van der Waals surface area contributed by atoms with E-state index in [-0.39, 0.29) is 12.1 Å². The number of nitrogens with two attached hydrogens (primary N) is 1. The van der Waals surface area contributed by atoms with Crippen LogP contribution in [0.2, 0.25) is 0 Å². The van der Waals surface area contributed by atoms with Crippen molar-refractivity contribution in [2.75, 3.05) is 17.2 Å². The third-order valence-electron chi connectivity index (χ3n) is 6.99. The predicted octanol–water partition coefficient (Wildman–Crippen LogP) is 5.16. The van der Waals surface area contributed by atoms with Crippen molar-refractivity contribution in [3.8, 4) is 5.69 Å². The van der Waals surface area contributed by atoms with Crippen molar-refractivity contribution in [1.29, 1.82) is 0 Å². The van der Waals surface area contributed by atoms with E-state index in [4.69, 9.17) is 5.73 Å². The maximum atomic E-state index is 14.2. The summed E-state index contributed by atoms with van der Waals surface area (Å²) in [6, 6.07) is 20.4. The van der Waals surface area contributed by atoms with E-state index in [2.05, 4.69) is 10.4 Å². The van der Waals surface area contributed by atoms with E-state index >= 15 is 0 Å². The highest BCUT2D eigenvalue weighted by atomic mass is 19.4. The summed E-state index contributed by atoms with van der Waals surface area (Å²) in [4.78, 5) is 29.2. The van der Waals surface area contributed by atoms with Crippen LogP contribution in [-0.4, -0.2) is 33.7 Å². The fourth-order valence-corrected chi connectivity index (χ4v) is 5.21. The van der Waals surface area contributed by atoms with E-state index in [1.165, 1.54) is 17.0 Å². The Kier molecular flexibility index (Phi) is 6.41. The molecule has 2 amide bonds. The molecule has 2 atom stereocenters. The molecule has 1 aliphatic heterocycles. The molecule has 2 heterocycles. The summed E-state index contributed by atoms with van der Waals surface area (Å²) in [6.45, 7) is 3.66. The number of alkyl halides is 3.